The molecular weight excluding hydrogens is 472 g/mol. The Morgan fingerprint density at radius 2 is 1.82 bits per heavy atom. The maximum absolute atomic E-state index is 12.6. The molecule has 0 atom stereocenters. The van der Waals surface area contributed by atoms with Gasteiger partial charge in [-0.3, -0.25) is 10.1 Å². The molecule has 1 heterocycles. The maximum Gasteiger partial charge on any atom is 0.344 e. The number of methoxy groups -OCH3 is 1. The van der Waals surface area contributed by atoms with Gasteiger partial charge < -0.3 is 14.5 Å². The van der Waals surface area contributed by atoms with Crippen LogP contribution < -0.4 is 21.0 Å². The van der Waals surface area contributed by atoms with E-state index in [1.807, 2.05) is 12.1 Å². The van der Waals surface area contributed by atoms with Crippen LogP contribution in [0.1, 0.15) is 5.56 Å². The highest BCUT2D eigenvalue weighted by atomic mass is 35.5. The summed E-state index contributed by atoms with van der Waals surface area (Å²) in [6.07, 6.45) is 3.01. The van der Waals surface area contributed by atoms with Crippen molar-refractivity contribution in [3.63, 3.8) is 0 Å². The molecule has 2 N–H and O–H groups in total. The van der Waals surface area contributed by atoms with Crippen molar-refractivity contribution in [2.24, 2.45) is 0 Å². The highest BCUT2D eigenvalue weighted by Gasteiger charge is 2.13. The van der Waals surface area contributed by atoms with Gasteiger partial charge in [0.25, 0.3) is 0 Å². The molecule has 0 aliphatic rings. The van der Waals surface area contributed by atoms with E-state index in [1.165, 1.54) is 13.2 Å². The second-order valence-corrected chi connectivity index (χ2v) is 8.07. The molecule has 0 saturated carbocycles. The summed E-state index contributed by atoms with van der Waals surface area (Å²) in [6, 6.07) is 21.3. The molecule has 0 aliphatic heterocycles. The fraction of sp³-hybridized carbons (Fsp3) is 0.0385. The lowest BCUT2D eigenvalue weighted by Crippen LogP contribution is -2.32. The van der Waals surface area contributed by atoms with E-state index in [0.717, 1.165) is 10.9 Å². The topological polar surface area (TPSA) is 80.6 Å². The molecular formula is C26H19ClN2O4S. The Balaban J connectivity index is 1.52. The van der Waals surface area contributed by atoms with Crippen molar-refractivity contribution in [2.45, 2.75) is 0 Å². The maximum atomic E-state index is 12.6. The molecule has 0 unspecified atom stereocenters. The number of hydrogen-bond donors (Lipinski definition) is 2. The Morgan fingerprint density at radius 1 is 1.06 bits per heavy atom. The first-order valence-electron chi connectivity index (χ1n) is 10.2. The average molecular weight is 491 g/mol. The largest absolute Gasteiger partial charge is 0.495 e. The summed E-state index contributed by atoms with van der Waals surface area (Å²) in [5.41, 5.74) is 2.36. The number of para-hydroxylation sites is 1. The van der Waals surface area contributed by atoms with Gasteiger partial charge in [-0.1, -0.05) is 48.0 Å². The number of halogens is 1. The van der Waals surface area contributed by atoms with Crippen molar-refractivity contribution < 1.29 is 13.9 Å². The van der Waals surface area contributed by atoms with Gasteiger partial charge in [0.1, 0.15) is 11.3 Å². The fourth-order valence-electron chi connectivity index (χ4n) is 3.29. The standard InChI is InChI=1S/C26H19ClN2O4S/c1-32-23-12-9-17(20-14-18-4-2-3-5-22(18)33-25(20)31)15-21(23)28-26(34)29-24(30)13-8-16-6-10-19(27)11-7-16/h2-15H,1H3,(H2,28,29,30,34). The third kappa shape index (κ3) is 5.51. The Labute approximate surface area is 205 Å². The number of ether oxygens (including phenoxy) is 1. The van der Waals surface area contributed by atoms with Gasteiger partial charge in [-0.05, 0) is 65.8 Å². The van der Waals surface area contributed by atoms with E-state index in [2.05, 4.69) is 10.6 Å². The Morgan fingerprint density at radius 3 is 2.59 bits per heavy atom. The minimum Gasteiger partial charge on any atom is -0.495 e. The lowest BCUT2D eigenvalue weighted by molar-refractivity contribution is -0.115. The monoisotopic (exact) mass is 490 g/mol. The molecule has 0 radical (unpaired) electrons. The molecule has 4 aromatic rings. The average Bonchev–Trinajstić information content (AvgIpc) is 2.83. The van der Waals surface area contributed by atoms with E-state index < -0.39 is 11.5 Å². The van der Waals surface area contributed by atoms with E-state index in [0.29, 0.717) is 33.2 Å². The highest BCUT2D eigenvalue weighted by Crippen LogP contribution is 2.30. The number of amides is 1. The number of carbonyl (C=O) groups is 1. The molecule has 0 bridgehead atoms. The molecule has 4 rings (SSSR count). The van der Waals surface area contributed by atoms with E-state index in [-0.39, 0.29) is 5.11 Å². The Hall–Kier alpha value is -3.94. The van der Waals surface area contributed by atoms with Gasteiger partial charge in [0.2, 0.25) is 5.91 Å². The fourth-order valence-corrected chi connectivity index (χ4v) is 3.63. The number of thiocarbonyl (C=S) groups is 1. The van der Waals surface area contributed by atoms with Crippen LogP contribution in [0.25, 0.3) is 28.2 Å². The zero-order valence-electron chi connectivity index (χ0n) is 18.0. The Bertz CT molecular complexity index is 1460. The van der Waals surface area contributed by atoms with Gasteiger partial charge in [0, 0.05) is 16.5 Å². The number of anilines is 1. The number of hydrogen-bond acceptors (Lipinski definition) is 5. The highest BCUT2D eigenvalue weighted by molar-refractivity contribution is 7.80. The van der Waals surface area contributed by atoms with Crippen molar-refractivity contribution in [3.8, 4) is 16.9 Å². The summed E-state index contributed by atoms with van der Waals surface area (Å²) in [5.74, 6) is 0.0833. The normalized spacial score (nSPS) is 10.9. The summed E-state index contributed by atoms with van der Waals surface area (Å²) < 4.78 is 10.8. The molecule has 0 aliphatic carbocycles. The predicted molar refractivity (Wildman–Crippen MR) is 139 cm³/mol. The van der Waals surface area contributed by atoms with Crippen molar-refractivity contribution >= 4 is 57.6 Å². The zero-order valence-corrected chi connectivity index (χ0v) is 19.6. The van der Waals surface area contributed by atoms with E-state index in [4.69, 9.17) is 33.0 Å². The van der Waals surface area contributed by atoms with Crippen LogP contribution in [0, 0.1) is 0 Å². The minimum atomic E-state index is -0.460. The summed E-state index contributed by atoms with van der Waals surface area (Å²) in [4.78, 5) is 24.8. The van der Waals surface area contributed by atoms with Crippen LogP contribution in [0.3, 0.4) is 0 Å². The Kier molecular flexibility index (Phi) is 7.06. The third-order valence-corrected chi connectivity index (χ3v) is 5.39. The molecule has 6 nitrogen and oxygen atoms in total. The first kappa shape index (κ1) is 23.2. The predicted octanol–water partition coefficient (Wildman–Crippen LogP) is 5.65. The van der Waals surface area contributed by atoms with Gasteiger partial charge in [0.05, 0.1) is 18.4 Å². The van der Waals surface area contributed by atoms with Crippen LogP contribution in [0.4, 0.5) is 5.69 Å². The number of benzene rings is 3. The summed E-state index contributed by atoms with van der Waals surface area (Å²) >= 11 is 11.2. The van der Waals surface area contributed by atoms with Gasteiger partial charge in [-0.15, -0.1) is 0 Å². The molecule has 1 aromatic heterocycles. The van der Waals surface area contributed by atoms with Gasteiger partial charge in [-0.2, -0.15) is 0 Å². The number of carbonyl (C=O) groups excluding carboxylic acids is 1. The van der Waals surface area contributed by atoms with Crippen molar-refractivity contribution in [1.82, 2.24) is 5.32 Å². The molecule has 0 fully saturated rings. The zero-order chi connectivity index (χ0) is 24.1. The van der Waals surface area contributed by atoms with Gasteiger partial charge in [0.15, 0.2) is 5.11 Å². The van der Waals surface area contributed by atoms with E-state index >= 15 is 0 Å². The van der Waals surface area contributed by atoms with Crippen LogP contribution in [0.5, 0.6) is 5.75 Å². The second kappa shape index (κ2) is 10.3. The first-order chi connectivity index (χ1) is 16.4. The molecule has 0 spiro atoms. The second-order valence-electron chi connectivity index (χ2n) is 7.23. The lowest BCUT2D eigenvalue weighted by Gasteiger charge is -2.14. The smallest absolute Gasteiger partial charge is 0.344 e. The summed E-state index contributed by atoms with van der Waals surface area (Å²) in [5, 5.41) is 7.04. The first-order valence-corrected chi connectivity index (χ1v) is 11.0. The molecule has 1 amide bonds. The van der Waals surface area contributed by atoms with Crippen molar-refractivity contribution in [2.75, 3.05) is 12.4 Å². The van der Waals surface area contributed by atoms with E-state index in [9.17, 15) is 9.59 Å². The third-order valence-electron chi connectivity index (χ3n) is 4.93. The molecule has 0 saturated heterocycles. The van der Waals surface area contributed by atoms with Crippen molar-refractivity contribution in [3.05, 3.63) is 99.9 Å². The SMILES string of the molecule is COc1ccc(-c2cc3ccccc3oc2=O)cc1NC(=S)NC(=O)C=Cc1ccc(Cl)cc1. The van der Waals surface area contributed by atoms with Gasteiger partial charge >= 0.3 is 5.63 Å². The quantitative estimate of drug-likeness (QED) is 0.214. The molecule has 8 heteroatoms. The molecule has 34 heavy (non-hydrogen) atoms. The summed E-state index contributed by atoms with van der Waals surface area (Å²) in [6.45, 7) is 0. The van der Waals surface area contributed by atoms with Crippen LogP contribution in [0.15, 0.2) is 88.1 Å². The van der Waals surface area contributed by atoms with Crippen LogP contribution >= 0.6 is 23.8 Å². The molecule has 170 valence electrons. The van der Waals surface area contributed by atoms with Crippen LogP contribution in [0.2, 0.25) is 5.02 Å². The van der Waals surface area contributed by atoms with Crippen molar-refractivity contribution in [1.29, 1.82) is 0 Å². The van der Waals surface area contributed by atoms with Crippen LogP contribution in [-0.4, -0.2) is 18.1 Å². The van der Waals surface area contributed by atoms with E-state index in [1.54, 1.807) is 66.7 Å². The van der Waals surface area contributed by atoms with Crippen LogP contribution in [-0.2, 0) is 4.79 Å². The van der Waals surface area contributed by atoms with Gasteiger partial charge in [-0.25, -0.2) is 4.79 Å². The minimum absolute atomic E-state index is 0.0757. The number of fused-ring (bicyclic) bond motifs is 1. The number of rotatable bonds is 5. The molecule has 3 aromatic carbocycles. The summed E-state index contributed by atoms with van der Waals surface area (Å²) in [7, 11) is 1.51. The lowest BCUT2D eigenvalue weighted by atomic mass is 10.0. The number of nitrogens with one attached hydrogen (secondary N) is 2.